The second-order valence-electron chi connectivity index (χ2n) is 8.54. The van der Waals surface area contributed by atoms with Crippen LogP contribution in [0.15, 0.2) is 30.3 Å². The summed E-state index contributed by atoms with van der Waals surface area (Å²) >= 11 is 0. The standard InChI is InChI=1S/C26H34O12/c1-16(27)33-15-21-23(35-17(2)28)24(36-18(3)29)25(37-19(4)30)26(38-21)32-13-9-8-12-22(31)34-14-20-10-6-5-7-11-20/h5-7,10-11,21,23-26H,8-9,12-15H2,1-4H3. The lowest BCUT2D eigenvalue weighted by Gasteiger charge is -2.44. The molecule has 0 spiro atoms. The molecule has 5 atom stereocenters. The minimum Gasteiger partial charge on any atom is -0.463 e. The normalized spacial score (nSPS) is 22.6. The zero-order chi connectivity index (χ0) is 28.1. The third-order valence-electron chi connectivity index (χ3n) is 5.25. The van der Waals surface area contributed by atoms with Gasteiger partial charge in [0.1, 0.15) is 19.3 Å². The fraction of sp³-hybridized carbons (Fsp3) is 0.577. The number of benzene rings is 1. The SMILES string of the molecule is CC(=O)OCC1OC(OCCCCC(=O)OCc2ccccc2)C(OC(C)=O)C(OC(C)=O)C1OC(C)=O. The molecule has 12 heteroatoms. The number of carbonyl (C=O) groups excluding carboxylic acids is 5. The number of unbranched alkanes of at least 4 members (excludes halogenated alkanes) is 1. The van der Waals surface area contributed by atoms with Crippen LogP contribution in [0.3, 0.4) is 0 Å². The molecule has 1 saturated heterocycles. The molecule has 1 aromatic rings. The van der Waals surface area contributed by atoms with Gasteiger partial charge in [-0.05, 0) is 18.4 Å². The fourth-order valence-electron chi connectivity index (χ4n) is 3.70. The predicted octanol–water partition coefficient (Wildman–Crippen LogP) is 2.00. The highest BCUT2D eigenvalue weighted by atomic mass is 16.7. The van der Waals surface area contributed by atoms with Crippen molar-refractivity contribution in [3.8, 4) is 0 Å². The quantitative estimate of drug-likeness (QED) is 0.205. The molecule has 210 valence electrons. The first-order valence-corrected chi connectivity index (χ1v) is 12.2. The number of hydrogen-bond acceptors (Lipinski definition) is 12. The Morgan fingerprint density at radius 1 is 0.737 bits per heavy atom. The monoisotopic (exact) mass is 538 g/mol. The van der Waals surface area contributed by atoms with Crippen LogP contribution in [0.5, 0.6) is 0 Å². The van der Waals surface area contributed by atoms with E-state index in [9.17, 15) is 24.0 Å². The van der Waals surface area contributed by atoms with Crippen LogP contribution in [0.1, 0.15) is 52.5 Å². The summed E-state index contributed by atoms with van der Waals surface area (Å²) in [4.78, 5) is 58.8. The first kappa shape index (κ1) is 30.7. The third-order valence-corrected chi connectivity index (χ3v) is 5.25. The number of rotatable bonds is 13. The van der Waals surface area contributed by atoms with E-state index in [4.69, 9.17) is 33.2 Å². The van der Waals surface area contributed by atoms with Crippen molar-refractivity contribution >= 4 is 29.8 Å². The van der Waals surface area contributed by atoms with Gasteiger partial charge in [-0.15, -0.1) is 0 Å². The molecule has 0 N–H and O–H groups in total. The van der Waals surface area contributed by atoms with Crippen LogP contribution in [0, 0.1) is 0 Å². The highest BCUT2D eigenvalue weighted by Crippen LogP contribution is 2.30. The van der Waals surface area contributed by atoms with E-state index in [-0.39, 0.29) is 32.2 Å². The van der Waals surface area contributed by atoms with Gasteiger partial charge in [-0.3, -0.25) is 24.0 Å². The average Bonchev–Trinajstić information content (AvgIpc) is 2.84. The molecule has 0 radical (unpaired) electrons. The second kappa shape index (κ2) is 15.7. The summed E-state index contributed by atoms with van der Waals surface area (Å²) in [5.41, 5.74) is 0.882. The van der Waals surface area contributed by atoms with Crippen LogP contribution < -0.4 is 0 Å². The first-order chi connectivity index (χ1) is 18.1. The lowest BCUT2D eigenvalue weighted by atomic mass is 9.98. The lowest BCUT2D eigenvalue weighted by Crippen LogP contribution is -2.63. The molecule has 1 aromatic carbocycles. The first-order valence-electron chi connectivity index (χ1n) is 12.2. The minimum atomic E-state index is -1.30. The van der Waals surface area contributed by atoms with Crippen molar-refractivity contribution in [1.82, 2.24) is 0 Å². The van der Waals surface area contributed by atoms with Crippen LogP contribution >= 0.6 is 0 Å². The molecule has 1 aliphatic rings. The van der Waals surface area contributed by atoms with Crippen LogP contribution in [0.2, 0.25) is 0 Å². The molecule has 38 heavy (non-hydrogen) atoms. The Hall–Kier alpha value is -3.51. The maximum atomic E-state index is 12.0. The van der Waals surface area contributed by atoms with E-state index in [1.165, 1.54) is 6.92 Å². The molecule has 2 rings (SSSR count). The molecule has 12 nitrogen and oxygen atoms in total. The molecule has 0 amide bonds. The number of carbonyl (C=O) groups is 5. The van der Waals surface area contributed by atoms with Gasteiger partial charge < -0.3 is 33.2 Å². The van der Waals surface area contributed by atoms with Crippen molar-refractivity contribution in [2.75, 3.05) is 13.2 Å². The van der Waals surface area contributed by atoms with Crippen LogP contribution in [0.25, 0.3) is 0 Å². The van der Waals surface area contributed by atoms with E-state index in [1.807, 2.05) is 30.3 Å². The van der Waals surface area contributed by atoms with Gasteiger partial charge in [-0.25, -0.2) is 0 Å². The van der Waals surface area contributed by atoms with Gasteiger partial charge in [0.25, 0.3) is 0 Å². The van der Waals surface area contributed by atoms with Gasteiger partial charge in [0.2, 0.25) is 0 Å². The van der Waals surface area contributed by atoms with Gasteiger partial charge in [-0.2, -0.15) is 0 Å². The number of esters is 5. The average molecular weight is 539 g/mol. The lowest BCUT2D eigenvalue weighted by molar-refractivity contribution is -0.308. The second-order valence-corrected chi connectivity index (χ2v) is 8.54. The zero-order valence-electron chi connectivity index (χ0n) is 21.9. The van der Waals surface area contributed by atoms with Crippen LogP contribution in [-0.2, 0) is 63.7 Å². The van der Waals surface area contributed by atoms with Crippen LogP contribution in [-0.4, -0.2) is 73.8 Å². The molecule has 0 bridgehead atoms. The van der Waals surface area contributed by atoms with Crippen molar-refractivity contribution in [2.45, 2.75) is 84.3 Å². The van der Waals surface area contributed by atoms with E-state index >= 15 is 0 Å². The number of ether oxygens (including phenoxy) is 7. The highest BCUT2D eigenvalue weighted by Gasteiger charge is 2.52. The molecule has 0 saturated carbocycles. The van der Waals surface area contributed by atoms with Crippen molar-refractivity contribution in [3.63, 3.8) is 0 Å². The molecule has 1 heterocycles. The summed E-state index contributed by atoms with van der Waals surface area (Å²) in [5, 5.41) is 0. The molecule has 0 aliphatic carbocycles. The summed E-state index contributed by atoms with van der Waals surface area (Å²) in [5.74, 6) is -3.14. The zero-order valence-corrected chi connectivity index (χ0v) is 21.9. The smallest absolute Gasteiger partial charge is 0.306 e. The molecule has 1 aliphatic heterocycles. The van der Waals surface area contributed by atoms with Crippen molar-refractivity contribution in [3.05, 3.63) is 35.9 Å². The van der Waals surface area contributed by atoms with Crippen LogP contribution in [0.4, 0.5) is 0 Å². The van der Waals surface area contributed by atoms with E-state index in [0.717, 1.165) is 26.3 Å². The topological polar surface area (TPSA) is 150 Å². The molecule has 1 fully saturated rings. The van der Waals surface area contributed by atoms with E-state index < -0.39 is 54.6 Å². The summed E-state index contributed by atoms with van der Waals surface area (Å²) < 4.78 is 37.9. The molecule has 5 unspecified atom stereocenters. The molecular weight excluding hydrogens is 504 g/mol. The van der Waals surface area contributed by atoms with Crippen molar-refractivity contribution in [2.24, 2.45) is 0 Å². The number of hydrogen-bond donors (Lipinski definition) is 0. The van der Waals surface area contributed by atoms with Gasteiger partial charge >= 0.3 is 29.8 Å². The van der Waals surface area contributed by atoms with Gasteiger partial charge in [-0.1, -0.05) is 30.3 Å². The Morgan fingerprint density at radius 3 is 1.95 bits per heavy atom. The molecular formula is C26H34O12. The van der Waals surface area contributed by atoms with E-state index in [2.05, 4.69) is 0 Å². The summed E-state index contributed by atoms with van der Waals surface area (Å²) in [6, 6.07) is 9.29. The highest BCUT2D eigenvalue weighted by molar-refractivity contribution is 5.69. The summed E-state index contributed by atoms with van der Waals surface area (Å²) in [7, 11) is 0. The third kappa shape index (κ3) is 10.9. The largest absolute Gasteiger partial charge is 0.463 e. The Morgan fingerprint density at radius 2 is 1.34 bits per heavy atom. The van der Waals surface area contributed by atoms with Gasteiger partial charge in [0.05, 0.1) is 0 Å². The summed E-state index contributed by atoms with van der Waals surface area (Å²) in [6.07, 6.45) is -5.14. The Kier molecular flexibility index (Phi) is 12.7. The predicted molar refractivity (Wildman–Crippen MR) is 128 cm³/mol. The molecule has 0 aromatic heterocycles. The minimum absolute atomic E-state index is 0.0830. The van der Waals surface area contributed by atoms with Gasteiger partial charge in [0, 0.05) is 40.7 Å². The van der Waals surface area contributed by atoms with E-state index in [0.29, 0.717) is 12.8 Å². The Labute approximate surface area is 220 Å². The fourth-order valence-corrected chi connectivity index (χ4v) is 3.70. The van der Waals surface area contributed by atoms with E-state index in [1.54, 1.807) is 0 Å². The van der Waals surface area contributed by atoms with Gasteiger partial charge in [0.15, 0.2) is 24.6 Å². The van der Waals surface area contributed by atoms with Crippen molar-refractivity contribution < 1.29 is 57.1 Å². The summed E-state index contributed by atoms with van der Waals surface area (Å²) in [6.45, 7) is 4.54. The maximum Gasteiger partial charge on any atom is 0.306 e. The maximum absolute atomic E-state index is 12.0. The van der Waals surface area contributed by atoms with Crippen molar-refractivity contribution in [1.29, 1.82) is 0 Å². The Balaban J connectivity index is 2.01. The Bertz CT molecular complexity index is 947.